The van der Waals surface area contributed by atoms with Crippen molar-refractivity contribution in [1.29, 1.82) is 0 Å². The first-order chi connectivity index (χ1) is 12.2. The smallest absolute Gasteiger partial charge is 0.338 e. The maximum Gasteiger partial charge on any atom is 0.338 e. The van der Waals surface area contributed by atoms with Crippen LogP contribution in [0, 0.1) is 13.8 Å². The maximum atomic E-state index is 12.6. The quantitative estimate of drug-likeness (QED) is 0.759. The number of rotatable bonds is 4. The zero-order valence-corrected chi connectivity index (χ0v) is 16.2. The van der Waals surface area contributed by atoms with Gasteiger partial charge >= 0.3 is 5.97 Å². The van der Waals surface area contributed by atoms with E-state index in [1.54, 1.807) is 24.3 Å². The molecule has 0 aliphatic heterocycles. The third-order valence-corrected chi connectivity index (χ3v) is 5.75. The van der Waals surface area contributed by atoms with Crippen LogP contribution < -0.4 is 0 Å². The zero-order chi connectivity index (χ0) is 18.9. The van der Waals surface area contributed by atoms with Gasteiger partial charge in [-0.3, -0.25) is 0 Å². The predicted octanol–water partition coefficient (Wildman–Crippen LogP) is 4.08. The van der Waals surface area contributed by atoms with Gasteiger partial charge < -0.3 is 4.74 Å². The fourth-order valence-corrected chi connectivity index (χ4v) is 4.43. The van der Waals surface area contributed by atoms with Gasteiger partial charge in [-0.15, -0.1) is 0 Å². The standard InChI is InChI=1S/C21H24O4S/c1-14-7-8-15(2)20-18(14)5-4-6-19(20)25-21(22)17-11-9-16(10-12-17)13-26(3,23)24/h7-12,19H,4-6,13H2,1-3H3/t19-/m1/s1. The van der Waals surface area contributed by atoms with E-state index >= 15 is 0 Å². The molecule has 0 amide bonds. The fourth-order valence-electron chi connectivity index (χ4n) is 3.63. The molecule has 26 heavy (non-hydrogen) atoms. The lowest BCUT2D eigenvalue weighted by atomic mass is 9.84. The number of sulfone groups is 1. The highest BCUT2D eigenvalue weighted by Crippen LogP contribution is 2.37. The van der Waals surface area contributed by atoms with E-state index < -0.39 is 9.84 Å². The van der Waals surface area contributed by atoms with Crippen LogP contribution in [0.2, 0.25) is 0 Å². The normalized spacial score (nSPS) is 16.8. The van der Waals surface area contributed by atoms with Gasteiger partial charge in [0.1, 0.15) is 6.10 Å². The molecule has 2 aromatic rings. The predicted molar refractivity (Wildman–Crippen MR) is 102 cm³/mol. The maximum absolute atomic E-state index is 12.6. The summed E-state index contributed by atoms with van der Waals surface area (Å²) in [6.45, 7) is 4.16. The van der Waals surface area contributed by atoms with Gasteiger partial charge in [0.25, 0.3) is 0 Å². The summed E-state index contributed by atoms with van der Waals surface area (Å²) in [6.07, 6.45) is 3.83. The first kappa shape index (κ1) is 18.6. The van der Waals surface area contributed by atoms with E-state index in [1.165, 1.54) is 17.4 Å². The van der Waals surface area contributed by atoms with E-state index in [9.17, 15) is 13.2 Å². The van der Waals surface area contributed by atoms with Crippen LogP contribution in [-0.2, 0) is 26.7 Å². The minimum Gasteiger partial charge on any atom is -0.454 e. The van der Waals surface area contributed by atoms with Gasteiger partial charge in [0.05, 0.1) is 11.3 Å². The van der Waals surface area contributed by atoms with Gasteiger partial charge in [-0.1, -0.05) is 24.3 Å². The number of carbonyl (C=O) groups excluding carboxylic acids is 1. The van der Waals surface area contributed by atoms with Crippen molar-refractivity contribution in [3.8, 4) is 0 Å². The summed E-state index contributed by atoms with van der Waals surface area (Å²) < 4.78 is 28.6. The zero-order valence-electron chi connectivity index (χ0n) is 15.4. The molecule has 5 heteroatoms. The van der Waals surface area contributed by atoms with Crippen LogP contribution in [0.5, 0.6) is 0 Å². The average Bonchev–Trinajstić information content (AvgIpc) is 2.57. The van der Waals surface area contributed by atoms with Crippen molar-refractivity contribution in [2.24, 2.45) is 0 Å². The Bertz CT molecular complexity index is 927. The van der Waals surface area contributed by atoms with Crippen molar-refractivity contribution in [3.05, 3.63) is 69.8 Å². The summed E-state index contributed by atoms with van der Waals surface area (Å²) in [7, 11) is -3.09. The van der Waals surface area contributed by atoms with Crippen molar-refractivity contribution < 1.29 is 17.9 Å². The number of ether oxygens (including phenoxy) is 1. The number of hydrogen-bond donors (Lipinski definition) is 0. The molecule has 0 bridgehead atoms. The number of aryl methyl sites for hydroxylation is 2. The van der Waals surface area contributed by atoms with Crippen LogP contribution >= 0.6 is 0 Å². The largest absolute Gasteiger partial charge is 0.454 e. The highest BCUT2D eigenvalue weighted by atomic mass is 32.2. The van der Waals surface area contributed by atoms with Crippen molar-refractivity contribution in [3.63, 3.8) is 0 Å². The van der Waals surface area contributed by atoms with Crippen LogP contribution in [0.3, 0.4) is 0 Å². The van der Waals surface area contributed by atoms with Gasteiger partial charge in [-0.05, 0) is 73.1 Å². The van der Waals surface area contributed by atoms with E-state index in [1.807, 2.05) is 0 Å². The third-order valence-electron chi connectivity index (χ3n) is 4.89. The van der Waals surface area contributed by atoms with Crippen molar-refractivity contribution >= 4 is 15.8 Å². The molecule has 0 unspecified atom stereocenters. The molecule has 0 aromatic heterocycles. The lowest BCUT2D eigenvalue weighted by Crippen LogP contribution is -2.19. The molecule has 4 nitrogen and oxygen atoms in total. The van der Waals surface area contributed by atoms with Crippen LogP contribution in [0.25, 0.3) is 0 Å². The van der Waals surface area contributed by atoms with Crippen LogP contribution in [0.15, 0.2) is 36.4 Å². The van der Waals surface area contributed by atoms with Crippen molar-refractivity contribution in [1.82, 2.24) is 0 Å². The molecule has 1 aliphatic rings. The molecule has 1 aliphatic carbocycles. The molecule has 0 heterocycles. The highest BCUT2D eigenvalue weighted by molar-refractivity contribution is 7.89. The molecular formula is C21H24O4S. The average molecular weight is 372 g/mol. The second-order valence-electron chi connectivity index (χ2n) is 7.14. The van der Waals surface area contributed by atoms with Gasteiger partial charge in [0, 0.05) is 6.26 Å². The molecule has 0 spiro atoms. The molecule has 0 radical (unpaired) electrons. The number of benzene rings is 2. The Morgan fingerprint density at radius 3 is 2.38 bits per heavy atom. The Balaban J connectivity index is 1.79. The number of hydrogen-bond acceptors (Lipinski definition) is 4. The summed E-state index contributed by atoms with van der Waals surface area (Å²) in [5, 5.41) is 0. The second-order valence-corrected chi connectivity index (χ2v) is 9.28. The van der Waals surface area contributed by atoms with Crippen LogP contribution in [-0.4, -0.2) is 20.6 Å². The van der Waals surface area contributed by atoms with Crippen LogP contribution in [0.4, 0.5) is 0 Å². The summed E-state index contributed by atoms with van der Waals surface area (Å²) in [5.41, 5.74) is 5.97. The summed E-state index contributed by atoms with van der Waals surface area (Å²) in [4.78, 5) is 12.6. The monoisotopic (exact) mass is 372 g/mol. The minimum atomic E-state index is -3.09. The Kier molecular flexibility index (Phi) is 5.19. The molecular weight excluding hydrogens is 348 g/mol. The molecule has 0 saturated heterocycles. The van der Waals surface area contributed by atoms with Gasteiger partial charge in [-0.25, -0.2) is 13.2 Å². The van der Waals surface area contributed by atoms with Crippen molar-refractivity contribution in [2.45, 2.75) is 45.0 Å². The molecule has 3 rings (SSSR count). The van der Waals surface area contributed by atoms with Gasteiger partial charge in [-0.2, -0.15) is 0 Å². The summed E-state index contributed by atoms with van der Waals surface area (Å²) in [5.74, 6) is -0.397. The SMILES string of the molecule is Cc1ccc(C)c2c1CCC[C@H]2OC(=O)c1ccc(CS(C)(=O)=O)cc1. The Labute approximate surface area is 155 Å². The number of fused-ring (bicyclic) bond motifs is 1. The molecule has 138 valence electrons. The van der Waals surface area contributed by atoms with E-state index in [0.29, 0.717) is 11.1 Å². The Morgan fingerprint density at radius 1 is 1.08 bits per heavy atom. The first-order valence-electron chi connectivity index (χ1n) is 8.81. The number of esters is 1. The van der Waals surface area contributed by atoms with Crippen molar-refractivity contribution in [2.75, 3.05) is 6.26 Å². The van der Waals surface area contributed by atoms with E-state index in [4.69, 9.17) is 4.74 Å². The van der Waals surface area contributed by atoms with E-state index in [0.717, 1.165) is 30.4 Å². The third kappa shape index (κ3) is 4.15. The first-order valence-corrected chi connectivity index (χ1v) is 10.9. The molecule has 1 atom stereocenters. The highest BCUT2D eigenvalue weighted by Gasteiger charge is 2.26. The van der Waals surface area contributed by atoms with Gasteiger partial charge in [0.15, 0.2) is 9.84 Å². The fraction of sp³-hybridized carbons (Fsp3) is 0.381. The molecule has 0 N–H and O–H groups in total. The lowest BCUT2D eigenvalue weighted by molar-refractivity contribution is 0.0254. The second kappa shape index (κ2) is 7.23. The number of carbonyl (C=O) groups is 1. The minimum absolute atomic E-state index is 0.0310. The van der Waals surface area contributed by atoms with Gasteiger partial charge in [0.2, 0.25) is 0 Å². The lowest BCUT2D eigenvalue weighted by Gasteiger charge is -2.28. The topological polar surface area (TPSA) is 60.4 Å². The molecule has 0 fully saturated rings. The summed E-state index contributed by atoms with van der Waals surface area (Å²) >= 11 is 0. The Morgan fingerprint density at radius 2 is 1.73 bits per heavy atom. The molecule has 2 aromatic carbocycles. The molecule has 0 saturated carbocycles. The summed E-state index contributed by atoms with van der Waals surface area (Å²) in [6, 6.07) is 10.8. The van der Waals surface area contributed by atoms with E-state index in [-0.39, 0.29) is 17.8 Å². The Hall–Kier alpha value is -2.14. The van der Waals surface area contributed by atoms with Crippen LogP contribution in [0.1, 0.15) is 57.1 Å². The van der Waals surface area contributed by atoms with E-state index in [2.05, 4.69) is 26.0 Å².